The normalized spacial score (nSPS) is 10.2. The number of hydrogen-bond acceptors (Lipinski definition) is 4. The number of nitrogens with zero attached hydrogens (tertiary/aromatic N) is 3. The lowest BCUT2D eigenvalue weighted by molar-refractivity contribution is 0.643. The van der Waals surface area contributed by atoms with Crippen molar-refractivity contribution in [1.82, 2.24) is 9.13 Å². The molecule has 0 aliphatic carbocycles. The highest BCUT2D eigenvalue weighted by Gasteiger charge is 2.10. The molecule has 1 aromatic heterocycles. The molecule has 20 heavy (non-hydrogen) atoms. The van der Waals surface area contributed by atoms with E-state index in [4.69, 9.17) is 22.6 Å². The monoisotopic (exact) mass is 290 g/mol. The number of nitrogens with two attached hydrogens (primary N) is 1. The first kappa shape index (κ1) is 13.9. The van der Waals surface area contributed by atoms with Crippen LogP contribution in [0.2, 0.25) is 5.02 Å². The molecule has 2 aromatic rings. The molecule has 0 aliphatic rings. The molecule has 0 amide bonds. The molecule has 0 saturated heterocycles. The van der Waals surface area contributed by atoms with Crippen molar-refractivity contribution < 1.29 is 0 Å². The number of hydrogen-bond donors (Lipinski definition) is 1. The summed E-state index contributed by atoms with van der Waals surface area (Å²) in [5.74, 6) is 0. The van der Waals surface area contributed by atoms with Crippen molar-refractivity contribution in [3.05, 3.63) is 61.4 Å². The van der Waals surface area contributed by atoms with Crippen LogP contribution in [0.5, 0.6) is 0 Å². The molecule has 0 spiro atoms. The first-order valence-electron chi connectivity index (χ1n) is 5.68. The van der Waals surface area contributed by atoms with E-state index in [9.17, 15) is 9.59 Å². The summed E-state index contributed by atoms with van der Waals surface area (Å²) in [4.78, 5) is 23.9. The Kier molecular flexibility index (Phi) is 3.63. The van der Waals surface area contributed by atoms with E-state index in [2.05, 4.69) is 0 Å². The summed E-state index contributed by atoms with van der Waals surface area (Å²) < 4.78 is 2.23. The first-order valence-corrected chi connectivity index (χ1v) is 6.06. The average Bonchev–Trinajstić information content (AvgIpc) is 2.42. The fourth-order valence-corrected chi connectivity index (χ4v) is 2.05. The van der Waals surface area contributed by atoms with Gasteiger partial charge in [-0.15, -0.1) is 0 Å². The van der Waals surface area contributed by atoms with E-state index < -0.39 is 11.2 Å². The molecule has 2 N–H and O–H groups in total. The van der Waals surface area contributed by atoms with E-state index in [1.807, 2.05) is 6.07 Å². The third kappa shape index (κ3) is 2.44. The van der Waals surface area contributed by atoms with Crippen LogP contribution in [0.1, 0.15) is 11.1 Å². The van der Waals surface area contributed by atoms with Crippen molar-refractivity contribution in [2.24, 2.45) is 7.05 Å². The van der Waals surface area contributed by atoms with Gasteiger partial charge in [-0.05, 0) is 17.7 Å². The zero-order valence-corrected chi connectivity index (χ0v) is 11.4. The topological polar surface area (TPSA) is 93.8 Å². The van der Waals surface area contributed by atoms with Crippen molar-refractivity contribution >= 4 is 17.3 Å². The summed E-state index contributed by atoms with van der Waals surface area (Å²) in [7, 11) is 1.51. The molecule has 1 aromatic carbocycles. The van der Waals surface area contributed by atoms with E-state index in [-0.39, 0.29) is 12.2 Å². The molecule has 0 aliphatic heterocycles. The van der Waals surface area contributed by atoms with Crippen LogP contribution < -0.4 is 17.0 Å². The molecular formula is C13H11ClN4O2. The van der Waals surface area contributed by atoms with Gasteiger partial charge in [0.25, 0.3) is 5.56 Å². The number of benzene rings is 1. The number of halogens is 1. The van der Waals surface area contributed by atoms with Gasteiger partial charge in [0.2, 0.25) is 0 Å². The van der Waals surface area contributed by atoms with Crippen LogP contribution in [0, 0.1) is 11.3 Å². The zero-order chi connectivity index (χ0) is 14.9. The summed E-state index contributed by atoms with van der Waals surface area (Å²) >= 11 is 6.04. The zero-order valence-electron chi connectivity index (χ0n) is 10.6. The molecular weight excluding hydrogens is 280 g/mol. The second kappa shape index (κ2) is 5.23. The van der Waals surface area contributed by atoms with Crippen molar-refractivity contribution in [1.29, 1.82) is 5.26 Å². The summed E-state index contributed by atoms with van der Waals surface area (Å²) in [6.45, 7) is 0.00108. The Bertz CT molecular complexity index is 795. The van der Waals surface area contributed by atoms with Gasteiger partial charge in [0.15, 0.2) is 0 Å². The minimum absolute atomic E-state index is 0.00108. The van der Waals surface area contributed by atoms with Crippen molar-refractivity contribution in [3.8, 4) is 6.07 Å². The van der Waals surface area contributed by atoms with Crippen LogP contribution in [0.3, 0.4) is 0 Å². The highest BCUT2D eigenvalue weighted by molar-refractivity contribution is 6.31. The third-order valence-electron chi connectivity index (χ3n) is 2.87. The summed E-state index contributed by atoms with van der Waals surface area (Å²) in [6.07, 6.45) is 1.28. The molecule has 6 nitrogen and oxygen atoms in total. The second-order valence-corrected chi connectivity index (χ2v) is 4.69. The third-order valence-corrected chi connectivity index (χ3v) is 3.22. The largest absolute Gasteiger partial charge is 0.393 e. The van der Waals surface area contributed by atoms with Crippen LogP contribution in [-0.4, -0.2) is 9.13 Å². The number of rotatable bonds is 2. The fraction of sp³-hybridized carbons (Fsp3) is 0.154. The Morgan fingerprint density at radius 2 is 2.10 bits per heavy atom. The Hall–Kier alpha value is -2.52. The standard InChI is InChI=1S/C13H11ClN4O2/c1-17-7-11(16)12(19)18(13(17)20)6-9-3-2-8(5-15)4-10(9)14/h2-4,7H,6,16H2,1H3. The quantitative estimate of drug-likeness (QED) is 0.881. The number of aromatic nitrogens is 2. The summed E-state index contributed by atoms with van der Waals surface area (Å²) in [5, 5.41) is 9.09. The highest BCUT2D eigenvalue weighted by Crippen LogP contribution is 2.17. The first-order chi connectivity index (χ1) is 9.43. The fourth-order valence-electron chi connectivity index (χ4n) is 1.81. The Morgan fingerprint density at radius 3 is 2.70 bits per heavy atom. The van der Waals surface area contributed by atoms with E-state index >= 15 is 0 Å². The predicted molar refractivity (Wildman–Crippen MR) is 75.6 cm³/mol. The Labute approximate surface area is 119 Å². The van der Waals surface area contributed by atoms with Crippen molar-refractivity contribution in [2.75, 3.05) is 5.73 Å². The van der Waals surface area contributed by atoms with E-state index in [0.717, 1.165) is 4.57 Å². The van der Waals surface area contributed by atoms with E-state index in [1.54, 1.807) is 12.1 Å². The highest BCUT2D eigenvalue weighted by atomic mass is 35.5. The van der Waals surface area contributed by atoms with Gasteiger partial charge in [-0.25, -0.2) is 4.79 Å². The summed E-state index contributed by atoms with van der Waals surface area (Å²) in [6, 6.07) is 6.63. The minimum Gasteiger partial charge on any atom is -0.393 e. The Balaban J connectivity index is 2.54. The number of anilines is 1. The van der Waals surface area contributed by atoms with Gasteiger partial charge in [-0.3, -0.25) is 9.36 Å². The minimum atomic E-state index is -0.562. The van der Waals surface area contributed by atoms with Gasteiger partial charge in [-0.1, -0.05) is 17.7 Å². The molecule has 0 radical (unpaired) electrons. The Morgan fingerprint density at radius 1 is 1.40 bits per heavy atom. The molecule has 0 bridgehead atoms. The van der Waals surface area contributed by atoms with Crippen molar-refractivity contribution in [3.63, 3.8) is 0 Å². The van der Waals surface area contributed by atoms with Gasteiger partial charge in [-0.2, -0.15) is 5.26 Å². The van der Waals surface area contributed by atoms with E-state index in [1.165, 1.54) is 23.9 Å². The lowest BCUT2D eigenvalue weighted by atomic mass is 10.1. The van der Waals surface area contributed by atoms with Gasteiger partial charge >= 0.3 is 5.69 Å². The lowest BCUT2D eigenvalue weighted by Gasteiger charge is -2.09. The van der Waals surface area contributed by atoms with Crippen LogP contribution in [0.25, 0.3) is 0 Å². The van der Waals surface area contributed by atoms with Crippen LogP contribution in [0.15, 0.2) is 34.0 Å². The molecule has 1 heterocycles. The molecule has 0 saturated carbocycles. The predicted octanol–water partition coefficient (Wildman–Crippen LogP) is 0.703. The summed E-state index contributed by atoms with van der Waals surface area (Å²) in [5.41, 5.74) is 5.47. The van der Waals surface area contributed by atoms with Gasteiger partial charge in [0.1, 0.15) is 5.69 Å². The molecule has 7 heteroatoms. The molecule has 0 unspecified atom stereocenters. The molecule has 102 valence electrons. The van der Waals surface area contributed by atoms with E-state index in [0.29, 0.717) is 16.1 Å². The number of nitrogen functional groups attached to an aromatic ring is 1. The molecule has 0 fully saturated rings. The van der Waals surface area contributed by atoms with Crippen LogP contribution in [-0.2, 0) is 13.6 Å². The number of aryl methyl sites for hydroxylation is 1. The maximum Gasteiger partial charge on any atom is 0.331 e. The number of nitriles is 1. The SMILES string of the molecule is Cn1cc(N)c(=O)n(Cc2ccc(C#N)cc2Cl)c1=O. The van der Waals surface area contributed by atoms with Crippen LogP contribution in [0.4, 0.5) is 5.69 Å². The smallest absolute Gasteiger partial charge is 0.331 e. The maximum atomic E-state index is 12.0. The molecule has 2 rings (SSSR count). The maximum absolute atomic E-state index is 12.0. The lowest BCUT2D eigenvalue weighted by Crippen LogP contribution is -2.40. The second-order valence-electron chi connectivity index (χ2n) is 4.29. The molecule has 0 atom stereocenters. The van der Waals surface area contributed by atoms with Crippen LogP contribution >= 0.6 is 11.6 Å². The van der Waals surface area contributed by atoms with Gasteiger partial charge in [0.05, 0.1) is 18.2 Å². The van der Waals surface area contributed by atoms with Gasteiger partial charge in [0, 0.05) is 18.3 Å². The van der Waals surface area contributed by atoms with Crippen molar-refractivity contribution in [2.45, 2.75) is 6.54 Å². The van der Waals surface area contributed by atoms with Gasteiger partial charge < -0.3 is 10.3 Å². The average molecular weight is 291 g/mol.